The fourth-order valence-corrected chi connectivity index (χ4v) is 5.58. The molecule has 5 rings (SSSR count). The second-order valence-corrected chi connectivity index (χ2v) is 10.1. The average molecular weight is 504 g/mol. The minimum atomic E-state index is -0.888. The molecule has 1 fully saturated rings. The Labute approximate surface area is 215 Å². The van der Waals surface area contributed by atoms with Crippen molar-refractivity contribution in [1.82, 2.24) is 15.3 Å². The van der Waals surface area contributed by atoms with Gasteiger partial charge in [0.25, 0.3) is 0 Å². The lowest BCUT2D eigenvalue weighted by molar-refractivity contribution is -0.137. The van der Waals surface area contributed by atoms with E-state index in [0.29, 0.717) is 30.6 Å². The van der Waals surface area contributed by atoms with Crippen molar-refractivity contribution in [3.8, 4) is 0 Å². The molecule has 0 bridgehead atoms. The maximum absolute atomic E-state index is 12.9. The molecule has 2 aliphatic rings. The molecule has 1 aliphatic heterocycles. The summed E-state index contributed by atoms with van der Waals surface area (Å²) in [4.78, 5) is 46.5. The van der Waals surface area contributed by atoms with Crippen LogP contribution in [0.15, 0.2) is 48.5 Å². The van der Waals surface area contributed by atoms with Crippen LogP contribution in [0.4, 0.5) is 11.6 Å². The first-order valence-corrected chi connectivity index (χ1v) is 13.1. The maximum Gasteiger partial charge on any atom is 0.303 e. The van der Waals surface area contributed by atoms with Crippen molar-refractivity contribution in [2.45, 2.75) is 56.9 Å². The number of carbonyl (C=O) groups is 3. The van der Waals surface area contributed by atoms with Crippen LogP contribution >= 0.6 is 0 Å². The number of aromatic nitrogens is 2. The lowest BCUT2D eigenvalue weighted by Gasteiger charge is -2.29. The maximum atomic E-state index is 12.9. The number of aromatic amines is 1. The van der Waals surface area contributed by atoms with Gasteiger partial charge in [-0.3, -0.25) is 14.4 Å². The first-order chi connectivity index (χ1) is 18.0. The van der Waals surface area contributed by atoms with Gasteiger partial charge >= 0.3 is 5.97 Å². The third-order valence-electron chi connectivity index (χ3n) is 7.56. The Balaban J connectivity index is 1.12. The van der Waals surface area contributed by atoms with Gasteiger partial charge in [0.05, 0.1) is 17.5 Å². The third kappa shape index (κ3) is 5.93. The molecule has 0 radical (unpaired) electrons. The molecule has 3 aromatic rings. The predicted molar refractivity (Wildman–Crippen MR) is 141 cm³/mol. The minimum absolute atomic E-state index is 0.0296. The number of para-hydroxylation sites is 3. The second-order valence-electron chi connectivity index (χ2n) is 10.1. The summed E-state index contributed by atoms with van der Waals surface area (Å²) in [5.41, 5.74) is 3.43. The molecule has 194 valence electrons. The van der Waals surface area contributed by atoms with Crippen LogP contribution in [0.3, 0.4) is 0 Å². The van der Waals surface area contributed by atoms with E-state index < -0.39 is 5.97 Å². The number of nitrogens with one attached hydrogen (secondary N) is 3. The Bertz CT molecular complexity index is 1250. The number of hydrogen-bond acceptors (Lipinski definition) is 5. The highest BCUT2D eigenvalue weighted by Gasteiger charge is 2.30. The van der Waals surface area contributed by atoms with Gasteiger partial charge in [-0.05, 0) is 67.7 Å². The molecule has 9 nitrogen and oxygen atoms in total. The Morgan fingerprint density at radius 3 is 2.57 bits per heavy atom. The molecular formula is C28H33N5O4. The molecule has 0 unspecified atom stereocenters. The number of aliphatic carboxylic acids is 1. The van der Waals surface area contributed by atoms with Gasteiger partial charge in [0.2, 0.25) is 17.8 Å². The van der Waals surface area contributed by atoms with Crippen molar-refractivity contribution < 1.29 is 19.5 Å². The van der Waals surface area contributed by atoms with E-state index >= 15 is 0 Å². The highest BCUT2D eigenvalue weighted by molar-refractivity contribution is 6.00. The quantitative estimate of drug-likeness (QED) is 0.367. The predicted octanol–water partition coefficient (Wildman–Crippen LogP) is 4.04. The monoisotopic (exact) mass is 503 g/mol. The van der Waals surface area contributed by atoms with E-state index in [9.17, 15) is 19.5 Å². The number of hydrogen-bond donors (Lipinski definition) is 4. The van der Waals surface area contributed by atoms with Crippen molar-refractivity contribution in [3.05, 3.63) is 54.1 Å². The van der Waals surface area contributed by atoms with Gasteiger partial charge < -0.3 is 25.6 Å². The van der Waals surface area contributed by atoms with E-state index in [-0.39, 0.29) is 37.1 Å². The first-order valence-electron chi connectivity index (χ1n) is 13.1. The smallest absolute Gasteiger partial charge is 0.303 e. The number of amides is 2. The number of nitrogens with zero attached hydrogens (tertiary/aromatic N) is 2. The van der Waals surface area contributed by atoms with E-state index in [1.165, 1.54) is 4.90 Å². The zero-order valence-electron chi connectivity index (χ0n) is 20.8. The summed E-state index contributed by atoms with van der Waals surface area (Å²) >= 11 is 0. The minimum Gasteiger partial charge on any atom is -0.481 e. The van der Waals surface area contributed by atoms with E-state index in [4.69, 9.17) is 0 Å². The van der Waals surface area contributed by atoms with Gasteiger partial charge in [-0.25, -0.2) is 4.98 Å². The number of carbonyl (C=O) groups excluding carboxylic acids is 2. The van der Waals surface area contributed by atoms with Crippen LogP contribution in [-0.2, 0) is 14.4 Å². The molecule has 4 N–H and O–H groups in total. The number of imidazole rings is 1. The summed E-state index contributed by atoms with van der Waals surface area (Å²) in [6, 6.07) is 15.6. The summed E-state index contributed by atoms with van der Waals surface area (Å²) in [6.07, 6.45) is 4.66. The fourth-order valence-electron chi connectivity index (χ4n) is 5.58. The number of benzene rings is 2. The van der Waals surface area contributed by atoms with Gasteiger partial charge in [-0.1, -0.05) is 30.3 Å². The highest BCUT2D eigenvalue weighted by Crippen LogP contribution is 2.36. The summed E-state index contributed by atoms with van der Waals surface area (Å²) in [6.45, 7) is 0.528. The van der Waals surface area contributed by atoms with Crippen molar-refractivity contribution in [2.75, 3.05) is 23.3 Å². The van der Waals surface area contributed by atoms with E-state index in [1.54, 1.807) is 6.07 Å². The lowest BCUT2D eigenvalue weighted by atomic mass is 9.86. The fraction of sp³-hybridized carbons (Fsp3) is 0.429. The number of carboxylic acids is 1. The first kappa shape index (κ1) is 24.8. The zero-order chi connectivity index (χ0) is 25.8. The number of fused-ring (bicyclic) bond motifs is 2. The third-order valence-corrected chi connectivity index (χ3v) is 7.56. The molecular weight excluding hydrogens is 470 g/mol. The normalized spacial score (nSPS) is 21.8. The SMILES string of the molecule is O=C(O)C[C@H]1CCC(=O)N(CC(=O)NCC2CCC(Nc3nc4ccccc4[nH]3)CC2)c2ccccc21. The van der Waals surface area contributed by atoms with Gasteiger partial charge in [-0.15, -0.1) is 0 Å². The number of rotatable bonds is 8. The van der Waals surface area contributed by atoms with E-state index in [1.807, 2.05) is 42.5 Å². The van der Waals surface area contributed by atoms with Gasteiger partial charge in [-0.2, -0.15) is 0 Å². The molecule has 1 aromatic heterocycles. The Morgan fingerprint density at radius 1 is 1.03 bits per heavy atom. The van der Waals surface area contributed by atoms with Gasteiger partial charge in [0.15, 0.2) is 0 Å². The molecule has 2 heterocycles. The highest BCUT2D eigenvalue weighted by atomic mass is 16.4. The molecule has 37 heavy (non-hydrogen) atoms. The average Bonchev–Trinajstić information content (AvgIpc) is 3.26. The number of carboxylic acid groups (broad SMARTS) is 1. The molecule has 9 heteroatoms. The topological polar surface area (TPSA) is 127 Å². The van der Waals surface area contributed by atoms with Crippen LogP contribution in [0.5, 0.6) is 0 Å². The van der Waals surface area contributed by atoms with Crippen molar-refractivity contribution in [1.29, 1.82) is 0 Å². The molecule has 2 amide bonds. The van der Waals surface area contributed by atoms with E-state index in [0.717, 1.165) is 48.2 Å². The van der Waals surface area contributed by atoms with Crippen LogP contribution in [0, 0.1) is 5.92 Å². The number of H-pyrrole nitrogens is 1. The summed E-state index contributed by atoms with van der Waals surface area (Å²) in [5, 5.41) is 15.8. The largest absolute Gasteiger partial charge is 0.481 e. The van der Waals surface area contributed by atoms with E-state index in [2.05, 4.69) is 20.6 Å². The molecule has 1 aliphatic carbocycles. The molecule has 0 spiro atoms. The molecule has 2 aromatic carbocycles. The van der Waals surface area contributed by atoms with Crippen molar-refractivity contribution >= 4 is 40.5 Å². The standard InChI is InChI=1S/C28H33N5O4/c34-25(17-33-24-8-4-1-5-21(24)19(15-27(36)37)11-14-26(33)35)29-16-18-9-12-20(13-10-18)30-28-31-22-6-2-3-7-23(22)32-28/h1-8,18-20H,9-17H2,(H,29,34)(H,36,37)(H2,30,31,32)/t18?,19-,20?/m1/s1. The Hall–Kier alpha value is -3.88. The van der Waals surface area contributed by atoms with Crippen LogP contribution in [-0.4, -0.2) is 52.0 Å². The van der Waals surface area contributed by atoms with Gasteiger partial charge in [0.1, 0.15) is 6.54 Å². The zero-order valence-corrected chi connectivity index (χ0v) is 20.8. The van der Waals surface area contributed by atoms with Crippen LogP contribution in [0.1, 0.15) is 56.4 Å². The Morgan fingerprint density at radius 2 is 1.78 bits per heavy atom. The summed E-state index contributed by atoms with van der Waals surface area (Å²) < 4.78 is 0. The van der Waals surface area contributed by atoms with Crippen LogP contribution in [0.2, 0.25) is 0 Å². The van der Waals surface area contributed by atoms with Gasteiger partial charge in [0, 0.05) is 24.7 Å². The lowest BCUT2D eigenvalue weighted by Crippen LogP contribution is -2.42. The number of anilines is 2. The Kier molecular flexibility index (Phi) is 7.39. The summed E-state index contributed by atoms with van der Waals surface area (Å²) in [5.74, 6) is -0.277. The van der Waals surface area contributed by atoms with Crippen LogP contribution in [0.25, 0.3) is 11.0 Å². The van der Waals surface area contributed by atoms with Crippen LogP contribution < -0.4 is 15.5 Å². The molecule has 0 saturated heterocycles. The molecule has 1 saturated carbocycles. The second kappa shape index (κ2) is 11.0. The molecule has 1 atom stereocenters. The van der Waals surface area contributed by atoms with Crippen molar-refractivity contribution in [2.24, 2.45) is 5.92 Å². The van der Waals surface area contributed by atoms with Crippen molar-refractivity contribution in [3.63, 3.8) is 0 Å². The summed E-state index contributed by atoms with van der Waals surface area (Å²) in [7, 11) is 0.